The lowest BCUT2D eigenvalue weighted by Gasteiger charge is -2.14. The summed E-state index contributed by atoms with van der Waals surface area (Å²) in [5.74, 6) is 0.976. The molecule has 0 atom stereocenters. The third-order valence-corrected chi connectivity index (χ3v) is 4.98. The molecule has 0 aliphatic heterocycles. The van der Waals surface area contributed by atoms with Gasteiger partial charge in [-0.3, -0.25) is 0 Å². The molecule has 0 amide bonds. The highest BCUT2D eigenvalue weighted by Crippen LogP contribution is 2.37. The van der Waals surface area contributed by atoms with Crippen molar-refractivity contribution in [2.75, 3.05) is 7.11 Å². The highest BCUT2D eigenvalue weighted by molar-refractivity contribution is 6.32. The van der Waals surface area contributed by atoms with Gasteiger partial charge in [0.05, 0.1) is 24.9 Å². The monoisotopic (exact) mass is 448 g/mol. The van der Waals surface area contributed by atoms with E-state index in [0.29, 0.717) is 33.1 Å². The highest BCUT2D eigenvalue weighted by Gasteiger charge is 2.12. The number of nitrogens with one attached hydrogen (secondary N) is 1. The van der Waals surface area contributed by atoms with Crippen LogP contribution in [-0.2, 0) is 13.2 Å². The van der Waals surface area contributed by atoms with Crippen molar-refractivity contribution in [3.8, 4) is 11.5 Å². The fourth-order valence-corrected chi connectivity index (χ4v) is 3.17. The van der Waals surface area contributed by atoms with Crippen LogP contribution in [0.3, 0.4) is 0 Å². The molecule has 1 N–H and O–H groups in total. The van der Waals surface area contributed by atoms with Crippen LogP contribution in [0.4, 0.5) is 0 Å². The standard InChI is InChI=1S/C22H19Cl3N2O2/c1-28-21-11-16(13-27-26-12-15-6-8-18(23)9-7-15)10-20(25)22(21)29-14-17-4-2-3-5-19(17)24/h2-11,13,26H,12,14H2,1H3/b27-13-. The van der Waals surface area contributed by atoms with Crippen LogP contribution in [0, 0.1) is 0 Å². The number of ether oxygens (including phenoxy) is 2. The van der Waals surface area contributed by atoms with E-state index in [1.807, 2.05) is 48.5 Å². The van der Waals surface area contributed by atoms with E-state index >= 15 is 0 Å². The third-order valence-electron chi connectivity index (χ3n) is 4.08. The molecule has 0 saturated carbocycles. The average molecular weight is 450 g/mol. The summed E-state index contributed by atoms with van der Waals surface area (Å²) in [6, 6.07) is 18.6. The van der Waals surface area contributed by atoms with Gasteiger partial charge >= 0.3 is 0 Å². The quantitative estimate of drug-likeness (QED) is 0.321. The molecule has 3 rings (SSSR count). The van der Waals surface area contributed by atoms with Gasteiger partial charge in [-0.25, -0.2) is 0 Å². The summed E-state index contributed by atoms with van der Waals surface area (Å²) >= 11 is 18.5. The van der Waals surface area contributed by atoms with Gasteiger partial charge < -0.3 is 14.9 Å². The van der Waals surface area contributed by atoms with Crippen LogP contribution in [0.15, 0.2) is 65.8 Å². The number of methoxy groups -OCH3 is 1. The van der Waals surface area contributed by atoms with E-state index in [1.54, 1.807) is 25.5 Å². The van der Waals surface area contributed by atoms with Gasteiger partial charge in [0, 0.05) is 15.6 Å². The zero-order valence-electron chi connectivity index (χ0n) is 15.7. The lowest BCUT2D eigenvalue weighted by Crippen LogP contribution is -2.05. The first-order valence-electron chi connectivity index (χ1n) is 8.81. The smallest absolute Gasteiger partial charge is 0.180 e. The predicted molar refractivity (Wildman–Crippen MR) is 120 cm³/mol. The van der Waals surface area contributed by atoms with Crippen molar-refractivity contribution in [1.82, 2.24) is 5.43 Å². The van der Waals surface area contributed by atoms with Crippen LogP contribution in [0.2, 0.25) is 15.1 Å². The molecule has 3 aromatic rings. The van der Waals surface area contributed by atoms with E-state index in [4.69, 9.17) is 44.3 Å². The molecule has 29 heavy (non-hydrogen) atoms. The van der Waals surface area contributed by atoms with Crippen molar-refractivity contribution in [2.45, 2.75) is 13.2 Å². The summed E-state index contributed by atoms with van der Waals surface area (Å²) in [4.78, 5) is 0. The van der Waals surface area contributed by atoms with Crippen molar-refractivity contribution < 1.29 is 9.47 Å². The fourth-order valence-electron chi connectivity index (χ4n) is 2.58. The predicted octanol–water partition coefficient (Wildman–Crippen LogP) is 6.36. The van der Waals surface area contributed by atoms with Crippen LogP contribution < -0.4 is 14.9 Å². The molecule has 0 heterocycles. The largest absolute Gasteiger partial charge is 0.493 e. The van der Waals surface area contributed by atoms with Gasteiger partial charge in [0.15, 0.2) is 11.5 Å². The summed E-state index contributed by atoms with van der Waals surface area (Å²) < 4.78 is 11.3. The van der Waals surface area contributed by atoms with Crippen LogP contribution in [0.25, 0.3) is 0 Å². The second kappa shape index (κ2) is 10.4. The third kappa shape index (κ3) is 6.04. The number of nitrogens with zero attached hydrogens (tertiary/aromatic N) is 1. The Morgan fingerprint density at radius 1 is 0.966 bits per heavy atom. The van der Waals surface area contributed by atoms with E-state index in [9.17, 15) is 0 Å². The summed E-state index contributed by atoms with van der Waals surface area (Å²) in [5, 5.41) is 6.00. The Balaban J connectivity index is 1.65. The Morgan fingerprint density at radius 2 is 1.72 bits per heavy atom. The normalized spacial score (nSPS) is 10.9. The molecule has 0 saturated heterocycles. The molecule has 7 heteroatoms. The molecule has 150 valence electrons. The van der Waals surface area contributed by atoms with Crippen LogP contribution >= 0.6 is 34.8 Å². The molecule has 0 radical (unpaired) electrons. The van der Waals surface area contributed by atoms with Crippen LogP contribution in [0.5, 0.6) is 11.5 Å². The van der Waals surface area contributed by atoms with E-state index in [-0.39, 0.29) is 6.61 Å². The second-order valence-electron chi connectivity index (χ2n) is 6.13. The Labute approximate surface area is 185 Å². The number of hydrazone groups is 1. The van der Waals surface area contributed by atoms with E-state index in [0.717, 1.165) is 16.7 Å². The van der Waals surface area contributed by atoms with Crippen molar-refractivity contribution in [2.24, 2.45) is 5.10 Å². The Kier molecular flexibility index (Phi) is 7.64. The van der Waals surface area contributed by atoms with E-state index in [1.165, 1.54) is 0 Å². The maximum atomic E-state index is 6.41. The SMILES string of the molecule is COc1cc(/C=N\NCc2ccc(Cl)cc2)cc(Cl)c1OCc1ccccc1Cl. The molecule has 0 aliphatic carbocycles. The van der Waals surface area contributed by atoms with E-state index < -0.39 is 0 Å². The van der Waals surface area contributed by atoms with Gasteiger partial charge in [0.1, 0.15) is 6.61 Å². The van der Waals surface area contributed by atoms with Crippen molar-refractivity contribution in [3.05, 3.63) is 92.4 Å². The Morgan fingerprint density at radius 3 is 2.45 bits per heavy atom. The van der Waals surface area contributed by atoms with Crippen LogP contribution in [0.1, 0.15) is 16.7 Å². The number of benzene rings is 3. The molecule has 4 nitrogen and oxygen atoms in total. The lowest BCUT2D eigenvalue weighted by molar-refractivity contribution is 0.285. The topological polar surface area (TPSA) is 42.8 Å². The minimum atomic E-state index is 0.284. The highest BCUT2D eigenvalue weighted by atomic mass is 35.5. The Bertz CT molecular complexity index is 992. The molecular weight excluding hydrogens is 431 g/mol. The average Bonchev–Trinajstić information content (AvgIpc) is 2.72. The summed E-state index contributed by atoms with van der Waals surface area (Å²) in [7, 11) is 1.56. The minimum Gasteiger partial charge on any atom is -0.493 e. The number of halogens is 3. The molecule has 3 aromatic carbocycles. The summed E-state index contributed by atoms with van der Waals surface area (Å²) in [6.45, 7) is 0.864. The van der Waals surface area contributed by atoms with Gasteiger partial charge in [0.2, 0.25) is 0 Å². The van der Waals surface area contributed by atoms with Crippen molar-refractivity contribution in [3.63, 3.8) is 0 Å². The molecule has 0 aliphatic rings. The maximum Gasteiger partial charge on any atom is 0.180 e. The van der Waals surface area contributed by atoms with E-state index in [2.05, 4.69) is 10.5 Å². The number of hydrogen-bond donors (Lipinski definition) is 1. The minimum absolute atomic E-state index is 0.284. The molecule has 0 unspecified atom stereocenters. The molecule has 0 fully saturated rings. The van der Waals surface area contributed by atoms with Crippen molar-refractivity contribution >= 4 is 41.0 Å². The molecule has 0 bridgehead atoms. The summed E-state index contributed by atoms with van der Waals surface area (Å²) in [6.07, 6.45) is 1.67. The van der Waals surface area contributed by atoms with Gasteiger partial charge in [-0.15, -0.1) is 0 Å². The van der Waals surface area contributed by atoms with Gasteiger partial charge in [0.25, 0.3) is 0 Å². The lowest BCUT2D eigenvalue weighted by atomic mass is 10.2. The Hall–Kier alpha value is -2.40. The fraction of sp³-hybridized carbons (Fsp3) is 0.136. The van der Waals surface area contributed by atoms with Crippen molar-refractivity contribution in [1.29, 1.82) is 0 Å². The van der Waals surface area contributed by atoms with Gasteiger partial charge in [-0.05, 0) is 41.5 Å². The first kappa shape index (κ1) is 21.3. The van der Waals surface area contributed by atoms with Crippen LogP contribution in [-0.4, -0.2) is 13.3 Å². The maximum absolute atomic E-state index is 6.41. The number of hydrogen-bond acceptors (Lipinski definition) is 4. The first-order valence-corrected chi connectivity index (χ1v) is 9.94. The number of rotatable bonds is 8. The summed E-state index contributed by atoms with van der Waals surface area (Å²) in [5.41, 5.74) is 5.71. The van der Waals surface area contributed by atoms with Gasteiger partial charge in [-0.1, -0.05) is 65.1 Å². The first-order chi connectivity index (χ1) is 14.1. The molecule has 0 aromatic heterocycles. The zero-order valence-corrected chi connectivity index (χ0v) is 17.9. The molecular formula is C22H19Cl3N2O2. The zero-order chi connectivity index (χ0) is 20.6. The van der Waals surface area contributed by atoms with Gasteiger partial charge in [-0.2, -0.15) is 5.10 Å². The molecule has 0 spiro atoms. The second-order valence-corrected chi connectivity index (χ2v) is 7.38.